The molecule has 1 atom stereocenters. The van der Waals surface area contributed by atoms with Crippen molar-refractivity contribution in [2.24, 2.45) is 13.0 Å². The van der Waals surface area contributed by atoms with Gasteiger partial charge in [0.05, 0.1) is 10.9 Å². The number of nitriles is 1. The molecule has 6 heteroatoms. The predicted octanol–water partition coefficient (Wildman–Crippen LogP) is 4.06. The molecule has 2 aromatic heterocycles. The minimum Gasteiger partial charge on any atom is -0.305 e. The van der Waals surface area contributed by atoms with E-state index in [4.69, 9.17) is 5.26 Å². The molecule has 2 heterocycles. The molecular formula is C16H20N4S2. The standard InChI is InChI=1S/C16H20N4S2/c1-3-11-5-6-13-12(9-11)10-14(22-13)15-18-19-16(20(15)2)21-8-4-7-17/h10-11H,3-6,8-9H2,1-2H3. The Morgan fingerprint density at radius 1 is 1.50 bits per heavy atom. The summed E-state index contributed by atoms with van der Waals surface area (Å²) >= 11 is 3.47. The van der Waals surface area contributed by atoms with Gasteiger partial charge in [-0.2, -0.15) is 5.26 Å². The first-order valence-corrected chi connectivity index (χ1v) is 9.54. The quantitative estimate of drug-likeness (QED) is 0.612. The lowest BCUT2D eigenvalue weighted by atomic mass is 9.87. The van der Waals surface area contributed by atoms with E-state index in [1.54, 1.807) is 11.8 Å². The summed E-state index contributed by atoms with van der Waals surface area (Å²) in [5.41, 5.74) is 1.51. The Bertz CT molecular complexity index is 696. The zero-order valence-corrected chi connectivity index (χ0v) is 14.6. The fraction of sp³-hybridized carbons (Fsp3) is 0.562. The van der Waals surface area contributed by atoms with Crippen molar-refractivity contribution in [2.45, 2.75) is 44.2 Å². The van der Waals surface area contributed by atoms with Crippen LogP contribution in [0.3, 0.4) is 0 Å². The summed E-state index contributed by atoms with van der Waals surface area (Å²) in [5.74, 6) is 2.56. The molecule has 0 spiro atoms. The molecule has 116 valence electrons. The fourth-order valence-corrected chi connectivity index (χ4v) is 4.88. The number of hydrogen-bond acceptors (Lipinski definition) is 5. The third-order valence-corrected chi connectivity index (χ3v) is 6.52. The fourth-order valence-electron chi connectivity index (χ4n) is 2.90. The van der Waals surface area contributed by atoms with Gasteiger partial charge in [-0.25, -0.2) is 0 Å². The molecule has 4 nitrogen and oxygen atoms in total. The first-order chi connectivity index (χ1) is 10.7. The smallest absolute Gasteiger partial charge is 0.191 e. The van der Waals surface area contributed by atoms with Crippen molar-refractivity contribution in [1.29, 1.82) is 5.26 Å². The highest BCUT2D eigenvalue weighted by molar-refractivity contribution is 7.99. The van der Waals surface area contributed by atoms with Crippen LogP contribution in [0.5, 0.6) is 0 Å². The maximum Gasteiger partial charge on any atom is 0.191 e. The minimum atomic E-state index is 0.540. The van der Waals surface area contributed by atoms with Gasteiger partial charge in [0, 0.05) is 24.1 Å². The van der Waals surface area contributed by atoms with Crippen LogP contribution < -0.4 is 0 Å². The van der Waals surface area contributed by atoms with Gasteiger partial charge in [-0.05, 0) is 36.8 Å². The molecule has 0 amide bonds. The van der Waals surface area contributed by atoms with Crippen LogP contribution in [-0.2, 0) is 19.9 Å². The highest BCUT2D eigenvalue weighted by atomic mass is 32.2. The molecule has 0 N–H and O–H groups in total. The van der Waals surface area contributed by atoms with E-state index in [-0.39, 0.29) is 0 Å². The summed E-state index contributed by atoms with van der Waals surface area (Å²) in [6, 6.07) is 4.48. The monoisotopic (exact) mass is 332 g/mol. The van der Waals surface area contributed by atoms with Crippen LogP contribution >= 0.6 is 23.1 Å². The minimum absolute atomic E-state index is 0.540. The second kappa shape index (κ2) is 6.84. The molecule has 2 aromatic rings. The third kappa shape index (κ3) is 3.06. The Balaban J connectivity index is 1.81. The summed E-state index contributed by atoms with van der Waals surface area (Å²) in [4.78, 5) is 2.75. The van der Waals surface area contributed by atoms with Crippen LogP contribution in [0.4, 0.5) is 0 Å². The molecule has 0 saturated carbocycles. The van der Waals surface area contributed by atoms with Gasteiger partial charge < -0.3 is 4.57 Å². The van der Waals surface area contributed by atoms with Gasteiger partial charge in [-0.15, -0.1) is 21.5 Å². The SMILES string of the molecule is CCC1CCc2sc(-c3nnc(SCCC#N)n3C)cc2C1. The molecule has 1 aliphatic rings. The predicted molar refractivity (Wildman–Crippen MR) is 91.1 cm³/mol. The van der Waals surface area contributed by atoms with Crippen molar-refractivity contribution < 1.29 is 0 Å². The van der Waals surface area contributed by atoms with Crippen LogP contribution in [0.25, 0.3) is 10.7 Å². The van der Waals surface area contributed by atoms with Gasteiger partial charge in [0.15, 0.2) is 11.0 Å². The van der Waals surface area contributed by atoms with Crippen LogP contribution in [0.1, 0.15) is 36.6 Å². The third-order valence-electron chi connectivity index (χ3n) is 4.26. The van der Waals surface area contributed by atoms with Crippen LogP contribution in [-0.4, -0.2) is 20.5 Å². The van der Waals surface area contributed by atoms with Gasteiger partial charge in [0.2, 0.25) is 0 Å². The van der Waals surface area contributed by atoms with Gasteiger partial charge in [0.25, 0.3) is 0 Å². The normalized spacial score (nSPS) is 17.2. The van der Waals surface area contributed by atoms with Crippen molar-refractivity contribution in [3.05, 3.63) is 16.5 Å². The molecule has 22 heavy (non-hydrogen) atoms. The molecular weight excluding hydrogens is 312 g/mol. The topological polar surface area (TPSA) is 54.5 Å². The van der Waals surface area contributed by atoms with Crippen molar-refractivity contribution in [3.8, 4) is 16.8 Å². The Morgan fingerprint density at radius 2 is 2.36 bits per heavy atom. The molecule has 1 aliphatic carbocycles. The number of rotatable bonds is 5. The Morgan fingerprint density at radius 3 is 3.14 bits per heavy atom. The van der Waals surface area contributed by atoms with Gasteiger partial charge >= 0.3 is 0 Å². The Hall–Kier alpha value is -1.32. The molecule has 0 radical (unpaired) electrons. The number of thioether (sulfide) groups is 1. The number of aromatic nitrogens is 3. The lowest BCUT2D eigenvalue weighted by Gasteiger charge is -2.19. The van der Waals surface area contributed by atoms with E-state index >= 15 is 0 Å². The van der Waals surface area contributed by atoms with E-state index in [9.17, 15) is 0 Å². The molecule has 0 aromatic carbocycles. The first kappa shape index (κ1) is 15.6. The van der Waals surface area contributed by atoms with Crippen molar-refractivity contribution in [3.63, 3.8) is 0 Å². The van der Waals surface area contributed by atoms with Gasteiger partial charge in [-0.1, -0.05) is 25.1 Å². The number of fused-ring (bicyclic) bond motifs is 1. The summed E-state index contributed by atoms with van der Waals surface area (Å²) in [7, 11) is 2.01. The maximum atomic E-state index is 8.63. The Kier molecular flexibility index (Phi) is 4.84. The molecule has 1 unspecified atom stereocenters. The van der Waals surface area contributed by atoms with Crippen molar-refractivity contribution in [1.82, 2.24) is 14.8 Å². The highest BCUT2D eigenvalue weighted by Crippen LogP contribution is 2.37. The molecule has 3 rings (SSSR count). The Labute approximate surface area is 139 Å². The highest BCUT2D eigenvalue weighted by Gasteiger charge is 2.22. The van der Waals surface area contributed by atoms with E-state index in [0.717, 1.165) is 22.7 Å². The lowest BCUT2D eigenvalue weighted by Crippen LogP contribution is -2.10. The molecule has 0 bridgehead atoms. The van der Waals surface area contributed by atoms with E-state index in [1.807, 2.05) is 18.4 Å². The average molecular weight is 332 g/mol. The van der Waals surface area contributed by atoms with E-state index in [2.05, 4.69) is 33.8 Å². The van der Waals surface area contributed by atoms with E-state index in [0.29, 0.717) is 6.42 Å². The molecule has 0 fully saturated rings. The van der Waals surface area contributed by atoms with Crippen LogP contribution in [0.15, 0.2) is 11.2 Å². The lowest BCUT2D eigenvalue weighted by molar-refractivity contribution is 0.449. The van der Waals surface area contributed by atoms with E-state index in [1.165, 1.54) is 41.0 Å². The first-order valence-electron chi connectivity index (χ1n) is 7.74. The maximum absolute atomic E-state index is 8.63. The zero-order chi connectivity index (χ0) is 15.5. The van der Waals surface area contributed by atoms with Crippen LogP contribution in [0.2, 0.25) is 0 Å². The van der Waals surface area contributed by atoms with Gasteiger partial charge in [0.1, 0.15) is 0 Å². The van der Waals surface area contributed by atoms with E-state index < -0.39 is 0 Å². The zero-order valence-electron chi connectivity index (χ0n) is 13.0. The summed E-state index contributed by atoms with van der Waals surface area (Å²) in [5, 5.41) is 18.2. The average Bonchev–Trinajstić information content (AvgIpc) is 3.10. The number of nitrogens with zero attached hydrogens (tertiary/aromatic N) is 4. The number of thiophene rings is 1. The second-order valence-corrected chi connectivity index (χ2v) is 7.90. The van der Waals surface area contributed by atoms with Crippen molar-refractivity contribution in [2.75, 3.05) is 5.75 Å². The number of hydrogen-bond donors (Lipinski definition) is 0. The molecule has 0 saturated heterocycles. The van der Waals surface area contributed by atoms with Crippen molar-refractivity contribution >= 4 is 23.1 Å². The van der Waals surface area contributed by atoms with Gasteiger partial charge in [-0.3, -0.25) is 0 Å². The van der Waals surface area contributed by atoms with Crippen LogP contribution in [0, 0.1) is 17.2 Å². The largest absolute Gasteiger partial charge is 0.305 e. The molecule has 0 aliphatic heterocycles. The number of aryl methyl sites for hydroxylation is 1. The summed E-state index contributed by atoms with van der Waals surface area (Å²) in [6.07, 6.45) is 5.55. The second-order valence-electron chi connectivity index (χ2n) is 5.70. The summed E-state index contributed by atoms with van der Waals surface area (Å²) in [6.45, 7) is 2.29. The summed E-state index contributed by atoms with van der Waals surface area (Å²) < 4.78 is 2.05.